The molecule has 5 heteroatoms. The van der Waals surface area contributed by atoms with Crippen LogP contribution in [0.2, 0.25) is 0 Å². The van der Waals surface area contributed by atoms with Crippen molar-refractivity contribution in [1.82, 2.24) is 15.1 Å². The van der Waals surface area contributed by atoms with E-state index in [-0.39, 0.29) is 12.1 Å². The van der Waals surface area contributed by atoms with Gasteiger partial charge >= 0.3 is 0 Å². The van der Waals surface area contributed by atoms with Crippen molar-refractivity contribution in [3.63, 3.8) is 0 Å². The van der Waals surface area contributed by atoms with Gasteiger partial charge in [0, 0.05) is 25.4 Å². The number of nitrogens with zero attached hydrogens (tertiary/aromatic N) is 2. The standard InChI is InChI=1S/C10H17N3O2/c1-7-8(4-13(2)12-7)3-11-9-5-15-6-10(9)14/h4,9-11,14H,3,5-6H2,1-2H3. The van der Waals surface area contributed by atoms with Crippen LogP contribution >= 0.6 is 0 Å². The first kappa shape index (κ1) is 10.6. The zero-order valence-electron chi connectivity index (χ0n) is 9.10. The van der Waals surface area contributed by atoms with Gasteiger partial charge in [0.15, 0.2) is 0 Å². The van der Waals surface area contributed by atoms with Gasteiger partial charge in [-0.05, 0) is 6.92 Å². The molecule has 15 heavy (non-hydrogen) atoms. The zero-order valence-corrected chi connectivity index (χ0v) is 9.10. The molecule has 1 aliphatic rings. The lowest BCUT2D eigenvalue weighted by Gasteiger charge is -2.13. The first-order valence-electron chi connectivity index (χ1n) is 5.15. The summed E-state index contributed by atoms with van der Waals surface area (Å²) >= 11 is 0. The lowest BCUT2D eigenvalue weighted by molar-refractivity contribution is 0.122. The molecule has 5 nitrogen and oxygen atoms in total. The van der Waals surface area contributed by atoms with Gasteiger partial charge in [0.05, 0.1) is 31.1 Å². The fourth-order valence-corrected chi connectivity index (χ4v) is 1.80. The number of hydrogen-bond acceptors (Lipinski definition) is 4. The molecule has 0 spiro atoms. The topological polar surface area (TPSA) is 59.3 Å². The minimum Gasteiger partial charge on any atom is -0.389 e. The predicted molar refractivity (Wildman–Crippen MR) is 55.4 cm³/mol. The number of hydrogen-bond donors (Lipinski definition) is 2. The van der Waals surface area contributed by atoms with Crippen molar-refractivity contribution in [3.8, 4) is 0 Å². The Kier molecular flexibility index (Phi) is 3.04. The average molecular weight is 211 g/mol. The molecule has 2 rings (SSSR count). The highest BCUT2D eigenvalue weighted by Crippen LogP contribution is 2.08. The Balaban J connectivity index is 1.90. The maximum absolute atomic E-state index is 9.53. The van der Waals surface area contributed by atoms with Crippen molar-refractivity contribution in [1.29, 1.82) is 0 Å². The van der Waals surface area contributed by atoms with Crippen molar-refractivity contribution in [3.05, 3.63) is 17.5 Å². The first-order chi connectivity index (χ1) is 7.16. The summed E-state index contributed by atoms with van der Waals surface area (Å²) in [7, 11) is 1.91. The molecule has 1 aromatic heterocycles. The summed E-state index contributed by atoms with van der Waals surface area (Å²) in [6, 6.07) is 0.0459. The van der Waals surface area contributed by atoms with E-state index in [1.165, 1.54) is 0 Å². The monoisotopic (exact) mass is 211 g/mol. The molecule has 0 amide bonds. The van der Waals surface area contributed by atoms with Gasteiger partial charge < -0.3 is 15.2 Å². The van der Waals surface area contributed by atoms with Gasteiger partial charge in [0.2, 0.25) is 0 Å². The van der Waals surface area contributed by atoms with E-state index in [4.69, 9.17) is 4.74 Å². The van der Waals surface area contributed by atoms with Crippen LogP contribution in [0.25, 0.3) is 0 Å². The van der Waals surface area contributed by atoms with E-state index in [0.717, 1.165) is 17.8 Å². The van der Waals surface area contributed by atoms with Crippen molar-refractivity contribution in [2.24, 2.45) is 7.05 Å². The molecule has 0 saturated carbocycles. The van der Waals surface area contributed by atoms with Crippen LogP contribution in [0.1, 0.15) is 11.3 Å². The first-order valence-corrected chi connectivity index (χ1v) is 5.15. The number of aryl methyl sites for hydroxylation is 2. The molecule has 2 heterocycles. The Bertz CT molecular complexity index is 337. The van der Waals surface area contributed by atoms with E-state index in [1.54, 1.807) is 4.68 Å². The summed E-state index contributed by atoms with van der Waals surface area (Å²) in [5.41, 5.74) is 2.19. The van der Waals surface area contributed by atoms with E-state index in [1.807, 2.05) is 20.2 Å². The second-order valence-electron chi connectivity index (χ2n) is 4.01. The molecule has 1 fully saturated rings. The van der Waals surface area contributed by atoms with Gasteiger partial charge in [-0.15, -0.1) is 0 Å². The SMILES string of the molecule is Cc1nn(C)cc1CNC1COCC1O. The van der Waals surface area contributed by atoms with Crippen molar-refractivity contribution in [2.45, 2.75) is 25.6 Å². The van der Waals surface area contributed by atoms with Crippen LogP contribution in [0.15, 0.2) is 6.20 Å². The van der Waals surface area contributed by atoms with E-state index >= 15 is 0 Å². The van der Waals surface area contributed by atoms with Crippen LogP contribution in [0, 0.1) is 6.92 Å². The Morgan fingerprint density at radius 3 is 3.00 bits per heavy atom. The van der Waals surface area contributed by atoms with Crippen molar-refractivity contribution in [2.75, 3.05) is 13.2 Å². The van der Waals surface area contributed by atoms with E-state index in [2.05, 4.69) is 10.4 Å². The highest BCUT2D eigenvalue weighted by Gasteiger charge is 2.25. The van der Waals surface area contributed by atoms with Crippen LogP contribution < -0.4 is 5.32 Å². The molecule has 1 aromatic rings. The average Bonchev–Trinajstić information content (AvgIpc) is 2.70. The van der Waals surface area contributed by atoms with Gasteiger partial charge in [-0.25, -0.2) is 0 Å². The summed E-state index contributed by atoms with van der Waals surface area (Å²) < 4.78 is 6.96. The second kappa shape index (κ2) is 4.30. The van der Waals surface area contributed by atoms with Crippen LogP contribution in [0.4, 0.5) is 0 Å². The third-order valence-corrected chi connectivity index (χ3v) is 2.72. The number of aromatic nitrogens is 2. The molecule has 1 aliphatic heterocycles. The maximum atomic E-state index is 9.53. The summed E-state index contributed by atoms with van der Waals surface area (Å²) in [5.74, 6) is 0. The zero-order chi connectivity index (χ0) is 10.8. The largest absolute Gasteiger partial charge is 0.389 e. The van der Waals surface area contributed by atoms with Crippen LogP contribution in [-0.4, -0.2) is 40.2 Å². The van der Waals surface area contributed by atoms with Gasteiger partial charge in [-0.3, -0.25) is 4.68 Å². The van der Waals surface area contributed by atoms with E-state index < -0.39 is 0 Å². The predicted octanol–water partition coefficient (Wildman–Crippen LogP) is -0.422. The fraction of sp³-hybridized carbons (Fsp3) is 0.700. The van der Waals surface area contributed by atoms with Gasteiger partial charge in [-0.1, -0.05) is 0 Å². The Morgan fingerprint density at radius 2 is 2.47 bits per heavy atom. The van der Waals surface area contributed by atoms with Crippen LogP contribution in [0.3, 0.4) is 0 Å². The van der Waals surface area contributed by atoms with Crippen molar-refractivity contribution >= 4 is 0 Å². The lowest BCUT2D eigenvalue weighted by Crippen LogP contribution is -2.38. The molecule has 84 valence electrons. The number of nitrogens with one attached hydrogen (secondary N) is 1. The third kappa shape index (κ3) is 2.37. The summed E-state index contributed by atoms with van der Waals surface area (Å²) in [6.45, 7) is 3.73. The van der Waals surface area contributed by atoms with E-state index in [0.29, 0.717) is 13.2 Å². The number of rotatable bonds is 3. The van der Waals surface area contributed by atoms with Crippen LogP contribution in [0.5, 0.6) is 0 Å². The Morgan fingerprint density at radius 1 is 1.67 bits per heavy atom. The molecular formula is C10H17N3O2. The normalized spacial score (nSPS) is 26.1. The molecule has 2 N–H and O–H groups in total. The van der Waals surface area contributed by atoms with Crippen LogP contribution in [-0.2, 0) is 18.3 Å². The molecule has 0 radical (unpaired) electrons. The summed E-state index contributed by atoms with van der Waals surface area (Å²) in [5, 5.41) is 17.1. The molecule has 0 bridgehead atoms. The smallest absolute Gasteiger partial charge is 0.0948 e. The molecule has 2 atom stereocenters. The molecule has 0 aromatic carbocycles. The molecule has 2 unspecified atom stereocenters. The summed E-state index contributed by atoms with van der Waals surface area (Å²) in [4.78, 5) is 0. The molecule has 0 aliphatic carbocycles. The van der Waals surface area contributed by atoms with Gasteiger partial charge in [-0.2, -0.15) is 5.10 Å². The minimum absolute atomic E-state index is 0.0459. The maximum Gasteiger partial charge on any atom is 0.0948 e. The quantitative estimate of drug-likeness (QED) is 0.713. The summed E-state index contributed by atoms with van der Waals surface area (Å²) in [6.07, 6.45) is 1.60. The fourth-order valence-electron chi connectivity index (χ4n) is 1.80. The minimum atomic E-state index is -0.387. The number of aliphatic hydroxyl groups is 1. The Labute approximate surface area is 89.0 Å². The number of ether oxygens (including phenoxy) is 1. The van der Waals surface area contributed by atoms with Crippen molar-refractivity contribution < 1.29 is 9.84 Å². The molecule has 1 saturated heterocycles. The third-order valence-electron chi connectivity index (χ3n) is 2.72. The second-order valence-corrected chi connectivity index (χ2v) is 4.01. The van der Waals surface area contributed by atoms with Gasteiger partial charge in [0.1, 0.15) is 0 Å². The molecular weight excluding hydrogens is 194 g/mol. The highest BCUT2D eigenvalue weighted by molar-refractivity contribution is 5.15. The lowest BCUT2D eigenvalue weighted by atomic mass is 10.2. The van der Waals surface area contributed by atoms with E-state index in [9.17, 15) is 5.11 Å². The Hall–Kier alpha value is -0.910. The number of aliphatic hydroxyl groups excluding tert-OH is 1. The van der Waals surface area contributed by atoms with Gasteiger partial charge in [0.25, 0.3) is 0 Å². The highest BCUT2D eigenvalue weighted by atomic mass is 16.5.